The van der Waals surface area contributed by atoms with E-state index >= 15 is 0 Å². The Morgan fingerprint density at radius 2 is 2.40 bits per heavy atom. The van der Waals surface area contributed by atoms with E-state index in [0.717, 1.165) is 22.2 Å². The summed E-state index contributed by atoms with van der Waals surface area (Å²) in [7, 11) is 1.52. The lowest BCUT2D eigenvalue weighted by molar-refractivity contribution is -0.124. The van der Waals surface area contributed by atoms with E-state index in [9.17, 15) is 4.79 Å². The summed E-state index contributed by atoms with van der Waals surface area (Å²) in [6.45, 7) is 0.791. The quantitative estimate of drug-likeness (QED) is 0.853. The summed E-state index contributed by atoms with van der Waals surface area (Å²) in [5.74, 6) is 0.597. The van der Waals surface area contributed by atoms with E-state index in [4.69, 9.17) is 15.2 Å². The zero-order valence-electron chi connectivity index (χ0n) is 11.1. The molecule has 1 aliphatic heterocycles. The Hall–Kier alpha value is -0.820. The fourth-order valence-corrected chi connectivity index (χ4v) is 2.43. The van der Waals surface area contributed by atoms with Crippen molar-refractivity contribution >= 4 is 34.2 Å². The smallest absolute Gasteiger partial charge is 0.239 e. The van der Waals surface area contributed by atoms with Gasteiger partial charge in [0.1, 0.15) is 11.8 Å². The number of fused-ring (bicyclic) bond motifs is 1. The first kappa shape index (κ1) is 17.2. The monoisotopic (exact) mass is 364 g/mol. The van der Waals surface area contributed by atoms with Crippen molar-refractivity contribution in [3.8, 4) is 5.75 Å². The largest absolute Gasteiger partial charge is 0.493 e. The van der Waals surface area contributed by atoms with Crippen molar-refractivity contribution in [2.75, 3.05) is 20.3 Å². The third-order valence-electron chi connectivity index (χ3n) is 3.01. The lowest BCUT2D eigenvalue weighted by atomic mass is 10.0. The first-order chi connectivity index (χ1) is 9.11. The number of amides is 1. The van der Waals surface area contributed by atoms with E-state index in [2.05, 4.69) is 21.2 Å². The van der Waals surface area contributed by atoms with Crippen LogP contribution in [0.25, 0.3) is 0 Å². The second-order valence-electron chi connectivity index (χ2n) is 4.44. The predicted molar refractivity (Wildman–Crippen MR) is 82.2 cm³/mol. The van der Waals surface area contributed by atoms with Crippen LogP contribution in [0, 0.1) is 0 Å². The van der Waals surface area contributed by atoms with Gasteiger partial charge in [-0.15, -0.1) is 12.4 Å². The van der Waals surface area contributed by atoms with Gasteiger partial charge >= 0.3 is 0 Å². The molecule has 0 aliphatic carbocycles. The molecule has 7 heteroatoms. The third kappa shape index (κ3) is 4.09. The summed E-state index contributed by atoms with van der Waals surface area (Å²) < 4.78 is 11.4. The van der Waals surface area contributed by atoms with Gasteiger partial charge in [-0.3, -0.25) is 4.79 Å². The van der Waals surface area contributed by atoms with Gasteiger partial charge in [0, 0.05) is 23.6 Å². The molecule has 2 unspecified atom stereocenters. The standard InChI is InChI=1S/C13H17BrN2O3.ClH/c1-18-7-10(15)13(17)16-11-4-5-19-12-3-2-8(14)6-9(11)12;/h2-3,6,10-11H,4-5,7,15H2,1H3,(H,16,17);1H. The number of rotatable bonds is 4. The van der Waals surface area contributed by atoms with Gasteiger partial charge < -0.3 is 20.5 Å². The van der Waals surface area contributed by atoms with E-state index in [1.165, 1.54) is 7.11 Å². The molecule has 1 aromatic carbocycles. The molecule has 0 fully saturated rings. The summed E-state index contributed by atoms with van der Waals surface area (Å²) >= 11 is 3.42. The summed E-state index contributed by atoms with van der Waals surface area (Å²) in [6, 6.07) is 5.05. The van der Waals surface area contributed by atoms with Crippen LogP contribution in [-0.4, -0.2) is 32.3 Å². The number of carbonyl (C=O) groups excluding carboxylic acids is 1. The number of carbonyl (C=O) groups is 1. The number of hydrogen-bond donors (Lipinski definition) is 2. The second kappa shape index (κ2) is 7.83. The molecule has 0 saturated carbocycles. The molecule has 0 bridgehead atoms. The van der Waals surface area contributed by atoms with Crippen LogP contribution in [0.4, 0.5) is 0 Å². The summed E-state index contributed by atoms with van der Waals surface area (Å²) in [5, 5.41) is 2.94. The average molecular weight is 366 g/mol. The maximum absolute atomic E-state index is 11.9. The number of nitrogens with two attached hydrogens (primary N) is 1. The number of nitrogens with one attached hydrogen (secondary N) is 1. The average Bonchev–Trinajstić information content (AvgIpc) is 2.39. The van der Waals surface area contributed by atoms with E-state index < -0.39 is 6.04 Å². The van der Waals surface area contributed by atoms with Crippen LogP contribution in [0.3, 0.4) is 0 Å². The lowest BCUT2D eigenvalue weighted by Gasteiger charge is -2.27. The molecule has 2 rings (SSSR count). The minimum absolute atomic E-state index is 0. The molecule has 20 heavy (non-hydrogen) atoms. The van der Waals surface area contributed by atoms with Gasteiger partial charge in [0.15, 0.2) is 0 Å². The highest BCUT2D eigenvalue weighted by molar-refractivity contribution is 9.10. The first-order valence-electron chi connectivity index (χ1n) is 6.09. The van der Waals surface area contributed by atoms with Crippen LogP contribution in [0.2, 0.25) is 0 Å². The van der Waals surface area contributed by atoms with Crippen molar-refractivity contribution < 1.29 is 14.3 Å². The Balaban J connectivity index is 0.00000200. The van der Waals surface area contributed by atoms with Crippen LogP contribution in [0.1, 0.15) is 18.0 Å². The molecule has 3 N–H and O–H groups in total. The van der Waals surface area contributed by atoms with Crippen molar-refractivity contribution in [2.24, 2.45) is 5.73 Å². The SMILES string of the molecule is COCC(N)C(=O)NC1CCOc2ccc(Br)cc21.Cl. The number of benzene rings is 1. The highest BCUT2D eigenvalue weighted by Gasteiger charge is 2.25. The fraction of sp³-hybridized carbons (Fsp3) is 0.462. The highest BCUT2D eigenvalue weighted by atomic mass is 79.9. The van der Waals surface area contributed by atoms with E-state index in [0.29, 0.717) is 6.61 Å². The number of hydrogen-bond acceptors (Lipinski definition) is 4. The van der Waals surface area contributed by atoms with Crippen molar-refractivity contribution in [1.29, 1.82) is 0 Å². The van der Waals surface area contributed by atoms with Crippen LogP contribution in [0.15, 0.2) is 22.7 Å². The molecule has 1 aliphatic rings. The molecule has 112 valence electrons. The molecular formula is C13H18BrClN2O3. The molecular weight excluding hydrogens is 348 g/mol. The van der Waals surface area contributed by atoms with Gasteiger partial charge in [0.2, 0.25) is 5.91 Å². The maximum atomic E-state index is 11.9. The Morgan fingerprint density at radius 1 is 1.65 bits per heavy atom. The maximum Gasteiger partial charge on any atom is 0.239 e. The van der Waals surface area contributed by atoms with Crippen molar-refractivity contribution in [2.45, 2.75) is 18.5 Å². The Morgan fingerprint density at radius 3 is 3.10 bits per heavy atom. The first-order valence-corrected chi connectivity index (χ1v) is 6.88. The molecule has 5 nitrogen and oxygen atoms in total. The minimum atomic E-state index is -0.650. The molecule has 2 atom stereocenters. The van der Waals surface area contributed by atoms with E-state index in [1.54, 1.807) is 0 Å². The van der Waals surface area contributed by atoms with Crippen LogP contribution >= 0.6 is 28.3 Å². The van der Waals surface area contributed by atoms with Crippen LogP contribution < -0.4 is 15.8 Å². The van der Waals surface area contributed by atoms with Gasteiger partial charge in [0.25, 0.3) is 0 Å². The van der Waals surface area contributed by atoms with E-state index in [-0.39, 0.29) is 31.0 Å². The number of ether oxygens (including phenoxy) is 2. The zero-order chi connectivity index (χ0) is 13.8. The zero-order valence-corrected chi connectivity index (χ0v) is 13.5. The summed E-state index contributed by atoms with van der Waals surface area (Å²) in [5.41, 5.74) is 6.69. The summed E-state index contributed by atoms with van der Waals surface area (Å²) in [6.07, 6.45) is 0.731. The van der Waals surface area contributed by atoms with Gasteiger partial charge in [0.05, 0.1) is 19.3 Å². The predicted octanol–water partition coefficient (Wildman–Crippen LogP) is 1.78. The highest BCUT2D eigenvalue weighted by Crippen LogP contribution is 2.34. The van der Waals surface area contributed by atoms with E-state index in [1.807, 2.05) is 18.2 Å². The van der Waals surface area contributed by atoms with Gasteiger partial charge in [-0.25, -0.2) is 0 Å². The number of methoxy groups -OCH3 is 1. The molecule has 1 heterocycles. The third-order valence-corrected chi connectivity index (χ3v) is 3.50. The molecule has 0 aromatic heterocycles. The molecule has 1 aromatic rings. The van der Waals surface area contributed by atoms with Crippen LogP contribution in [-0.2, 0) is 9.53 Å². The molecule has 0 radical (unpaired) electrons. The van der Waals surface area contributed by atoms with Crippen molar-refractivity contribution in [3.63, 3.8) is 0 Å². The van der Waals surface area contributed by atoms with Gasteiger partial charge in [-0.05, 0) is 18.2 Å². The van der Waals surface area contributed by atoms with Gasteiger partial charge in [-0.1, -0.05) is 15.9 Å². The lowest BCUT2D eigenvalue weighted by Crippen LogP contribution is -2.45. The Kier molecular flexibility index (Phi) is 6.75. The molecule has 1 amide bonds. The topological polar surface area (TPSA) is 73.6 Å². The second-order valence-corrected chi connectivity index (χ2v) is 5.36. The molecule has 0 saturated heterocycles. The Labute approximate surface area is 132 Å². The van der Waals surface area contributed by atoms with Crippen molar-refractivity contribution in [1.82, 2.24) is 5.32 Å². The molecule has 0 spiro atoms. The van der Waals surface area contributed by atoms with Crippen LogP contribution in [0.5, 0.6) is 5.75 Å². The van der Waals surface area contributed by atoms with Gasteiger partial charge in [-0.2, -0.15) is 0 Å². The number of halogens is 2. The normalized spacial score (nSPS) is 18.2. The minimum Gasteiger partial charge on any atom is -0.493 e. The fourth-order valence-electron chi connectivity index (χ4n) is 2.05. The van der Waals surface area contributed by atoms with Crippen molar-refractivity contribution in [3.05, 3.63) is 28.2 Å². The summed E-state index contributed by atoms with van der Waals surface area (Å²) in [4.78, 5) is 11.9. The Bertz CT molecular complexity index is 473.